The Bertz CT molecular complexity index is 358. The normalized spacial score (nSPS) is 17.1. The van der Waals surface area contributed by atoms with Crippen molar-refractivity contribution in [2.75, 3.05) is 31.5 Å². The molecule has 0 aromatic carbocycles. The highest BCUT2D eigenvalue weighted by atomic mass is 15.1. The minimum atomic E-state index is 0.894. The van der Waals surface area contributed by atoms with Crippen molar-refractivity contribution in [3.8, 4) is 0 Å². The van der Waals surface area contributed by atoms with E-state index in [9.17, 15) is 0 Å². The predicted octanol–water partition coefficient (Wildman–Crippen LogP) is 1.99. The summed E-state index contributed by atoms with van der Waals surface area (Å²) in [7, 11) is 0. The van der Waals surface area contributed by atoms with Gasteiger partial charge in [-0.15, -0.1) is 0 Å². The van der Waals surface area contributed by atoms with E-state index in [1.54, 1.807) is 0 Å². The van der Waals surface area contributed by atoms with Crippen LogP contribution in [0, 0.1) is 13.8 Å². The first-order chi connectivity index (χ1) is 8.25. The Balaban J connectivity index is 1.75. The average Bonchev–Trinajstić information content (AvgIpc) is 2.35. The number of likely N-dealkylation sites (tertiary alicyclic amines) is 1. The molecule has 1 saturated heterocycles. The minimum Gasteiger partial charge on any atom is -0.368 e. The van der Waals surface area contributed by atoms with Crippen LogP contribution in [0.3, 0.4) is 0 Å². The second-order valence-corrected chi connectivity index (χ2v) is 4.76. The molecule has 2 heterocycles. The molecule has 0 aliphatic carbocycles. The van der Waals surface area contributed by atoms with Crippen molar-refractivity contribution in [2.24, 2.45) is 0 Å². The Morgan fingerprint density at radius 2 is 1.94 bits per heavy atom. The van der Waals surface area contributed by atoms with Gasteiger partial charge in [-0.05, 0) is 39.8 Å². The molecule has 1 aromatic rings. The Morgan fingerprint density at radius 3 is 2.65 bits per heavy atom. The molecule has 0 unspecified atom stereocenters. The third-order valence-electron chi connectivity index (χ3n) is 3.38. The van der Waals surface area contributed by atoms with Crippen LogP contribution in [-0.2, 0) is 0 Å². The maximum Gasteiger partial charge on any atom is 0.144 e. The van der Waals surface area contributed by atoms with Crippen LogP contribution in [0.4, 0.5) is 5.82 Å². The van der Waals surface area contributed by atoms with E-state index in [-0.39, 0.29) is 0 Å². The number of aromatic nitrogens is 2. The summed E-state index contributed by atoms with van der Waals surface area (Å²) in [5.74, 6) is 0.894. The molecule has 94 valence electrons. The highest BCUT2D eigenvalue weighted by Gasteiger charge is 2.09. The number of hydrogen-bond acceptors (Lipinski definition) is 4. The first-order valence-electron chi connectivity index (χ1n) is 6.52. The van der Waals surface area contributed by atoms with Gasteiger partial charge in [0, 0.05) is 13.1 Å². The molecule has 4 heteroatoms. The molecule has 0 amide bonds. The first kappa shape index (κ1) is 12.3. The number of anilines is 1. The van der Waals surface area contributed by atoms with Gasteiger partial charge in [-0.25, -0.2) is 4.98 Å². The summed E-state index contributed by atoms with van der Waals surface area (Å²) < 4.78 is 0. The lowest BCUT2D eigenvalue weighted by Gasteiger charge is -2.26. The van der Waals surface area contributed by atoms with Gasteiger partial charge in [0.05, 0.1) is 17.6 Å². The van der Waals surface area contributed by atoms with Crippen molar-refractivity contribution >= 4 is 5.82 Å². The molecule has 1 N–H and O–H groups in total. The second-order valence-electron chi connectivity index (χ2n) is 4.76. The summed E-state index contributed by atoms with van der Waals surface area (Å²) in [4.78, 5) is 11.3. The third kappa shape index (κ3) is 3.66. The zero-order valence-electron chi connectivity index (χ0n) is 10.9. The van der Waals surface area contributed by atoms with E-state index >= 15 is 0 Å². The van der Waals surface area contributed by atoms with Crippen LogP contribution in [-0.4, -0.2) is 41.0 Å². The Kier molecular flexibility index (Phi) is 4.31. The molecule has 17 heavy (non-hydrogen) atoms. The maximum atomic E-state index is 4.46. The quantitative estimate of drug-likeness (QED) is 0.865. The molecule has 1 aliphatic heterocycles. The zero-order chi connectivity index (χ0) is 12.1. The van der Waals surface area contributed by atoms with Crippen LogP contribution in [0.2, 0.25) is 0 Å². The fourth-order valence-corrected chi connectivity index (χ4v) is 2.15. The maximum absolute atomic E-state index is 4.46. The molecule has 1 fully saturated rings. The summed E-state index contributed by atoms with van der Waals surface area (Å²) in [6.07, 6.45) is 5.91. The van der Waals surface area contributed by atoms with Crippen molar-refractivity contribution < 1.29 is 0 Å². The second kappa shape index (κ2) is 5.96. The summed E-state index contributed by atoms with van der Waals surface area (Å²) in [5.41, 5.74) is 2.01. The van der Waals surface area contributed by atoms with Crippen molar-refractivity contribution in [3.63, 3.8) is 0 Å². The number of nitrogens with one attached hydrogen (secondary N) is 1. The molecular weight excluding hydrogens is 212 g/mol. The van der Waals surface area contributed by atoms with Gasteiger partial charge in [-0.1, -0.05) is 6.42 Å². The predicted molar refractivity (Wildman–Crippen MR) is 70.3 cm³/mol. The smallest absolute Gasteiger partial charge is 0.144 e. The van der Waals surface area contributed by atoms with Gasteiger partial charge in [-0.2, -0.15) is 0 Å². The van der Waals surface area contributed by atoms with Gasteiger partial charge in [0.25, 0.3) is 0 Å². The van der Waals surface area contributed by atoms with Gasteiger partial charge in [0.15, 0.2) is 0 Å². The summed E-state index contributed by atoms with van der Waals surface area (Å²) in [6.45, 7) is 8.55. The fourth-order valence-electron chi connectivity index (χ4n) is 2.15. The molecule has 0 bridgehead atoms. The van der Waals surface area contributed by atoms with E-state index in [1.165, 1.54) is 32.4 Å². The van der Waals surface area contributed by atoms with E-state index in [0.717, 1.165) is 30.3 Å². The average molecular weight is 234 g/mol. The number of nitrogens with zero attached hydrogens (tertiary/aromatic N) is 3. The van der Waals surface area contributed by atoms with Gasteiger partial charge in [-0.3, -0.25) is 4.98 Å². The van der Waals surface area contributed by atoms with Crippen LogP contribution in [0.15, 0.2) is 6.20 Å². The van der Waals surface area contributed by atoms with E-state index in [1.807, 2.05) is 20.0 Å². The molecule has 4 nitrogen and oxygen atoms in total. The molecular formula is C13H22N4. The lowest BCUT2D eigenvalue weighted by atomic mass is 10.1. The van der Waals surface area contributed by atoms with Gasteiger partial charge in [0.2, 0.25) is 0 Å². The summed E-state index contributed by atoms with van der Waals surface area (Å²) in [5, 5.41) is 3.34. The fraction of sp³-hybridized carbons (Fsp3) is 0.692. The number of aryl methyl sites for hydroxylation is 2. The van der Waals surface area contributed by atoms with Gasteiger partial charge < -0.3 is 10.2 Å². The molecule has 0 saturated carbocycles. The number of piperidine rings is 1. The number of rotatable bonds is 4. The lowest BCUT2D eigenvalue weighted by Crippen LogP contribution is -2.33. The number of hydrogen-bond donors (Lipinski definition) is 1. The van der Waals surface area contributed by atoms with Crippen molar-refractivity contribution in [2.45, 2.75) is 33.1 Å². The first-order valence-corrected chi connectivity index (χ1v) is 6.52. The lowest BCUT2D eigenvalue weighted by molar-refractivity contribution is 0.237. The largest absolute Gasteiger partial charge is 0.368 e. The molecule has 0 atom stereocenters. The third-order valence-corrected chi connectivity index (χ3v) is 3.38. The van der Waals surface area contributed by atoms with Crippen LogP contribution in [0.1, 0.15) is 30.7 Å². The monoisotopic (exact) mass is 234 g/mol. The zero-order valence-corrected chi connectivity index (χ0v) is 10.9. The minimum absolute atomic E-state index is 0.894. The van der Waals surface area contributed by atoms with Crippen LogP contribution in [0.5, 0.6) is 0 Å². The standard InChI is InChI=1S/C13H22N4/c1-11-12(2)16-13(10-15-11)14-6-9-17-7-4-3-5-8-17/h10H,3-9H2,1-2H3,(H,14,16). The van der Waals surface area contributed by atoms with E-state index in [4.69, 9.17) is 0 Å². The van der Waals surface area contributed by atoms with Crippen molar-refractivity contribution in [1.29, 1.82) is 0 Å². The Labute approximate surface area is 103 Å². The molecule has 0 spiro atoms. The molecule has 0 radical (unpaired) electrons. The molecule has 1 aliphatic rings. The van der Waals surface area contributed by atoms with E-state index in [0.29, 0.717) is 0 Å². The van der Waals surface area contributed by atoms with E-state index < -0.39 is 0 Å². The van der Waals surface area contributed by atoms with Crippen LogP contribution < -0.4 is 5.32 Å². The topological polar surface area (TPSA) is 41.1 Å². The Hall–Kier alpha value is -1.16. The summed E-state index contributed by atoms with van der Waals surface area (Å²) in [6, 6.07) is 0. The van der Waals surface area contributed by atoms with Gasteiger partial charge in [0.1, 0.15) is 5.82 Å². The van der Waals surface area contributed by atoms with Gasteiger partial charge >= 0.3 is 0 Å². The molecule has 2 rings (SSSR count). The van der Waals surface area contributed by atoms with Crippen molar-refractivity contribution in [3.05, 3.63) is 17.6 Å². The highest BCUT2D eigenvalue weighted by Crippen LogP contribution is 2.08. The van der Waals surface area contributed by atoms with Crippen molar-refractivity contribution in [1.82, 2.24) is 14.9 Å². The Morgan fingerprint density at radius 1 is 1.18 bits per heavy atom. The molecule has 1 aromatic heterocycles. The highest BCUT2D eigenvalue weighted by molar-refractivity contribution is 5.33. The van der Waals surface area contributed by atoms with Crippen LogP contribution in [0.25, 0.3) is 0 Å². The SMILES string of the molecule is Cc1ncc(NCCN2CCCCC2)nc1C. The van der Waals surface area contributed by atoms with Crippen LogP contribution >= 0.6 is 0 Å². The van der Waals surface area contributed by atoms with E-state index in [2.05, 4.69) is 20.2 Å². The summed E-state index contributed by atoms with van der Waals surface area (Å²) >= 11 is 0.